The van der Waals surface area contributed by atoms with E-state index in [9.17, 15) is 9.59 Å². The number of carbonyl (C=O) groups excluding carboxylic acids is 1. The Balaban J connectivity index is 1.59. The van der Waals surface area contributed by atoms with Gasteiger partial charge in [-0.25, -0.2) is 4.79 Å². The van der Waals surface area contributed by atoms with E-state index in [-0.39, 0.29) is 30.7 Å². The summed E-state index contributed by atoms with van der Waals surface area (Å²) in [4.78, 5) is 30.4. The molecule has 0 fully saturated rings. The third kappa shape index (κ3) is 4.91. The van der Waals surface area contributed by atoms with Crippen LogP contribution in [0.15, 0.2) is 45.7 Å². The van der Waals surface area contributed by atoms with Crippen molar-refractivity contribution in [2.75, 3.05) is 13.7 Å². The summed E-state index contributed by atoms with van der Waals surface area (Å²) in [6.45, 7) is 8.16. The van der Waals surface area contributed by atoms with Crippen LogP contribution in [0.1, 0.15) is 38.3 Å². The fourth-order valence-corrected chi connectivity index (χ4v) is 3.98. The van der Waals surface area contributed by atoms with Crippen molar-refractivity contribution >= 4 is 16.9 Å². The van der Waals surface area contributed by atoms with Crippen molar-refractivity contribution in [3.63, 3.8) is 0 Å². The normalized spacial score (nSPS) is 11.3. The lowest BCUT2D eigenvalue weighted by molar-refractivity contribution is -0.121. The van der Waals surface area contributed by atoms with E-state index in [2.05, 4.69) is 15.5 Å². The highest BCUT2D eigenvalue weighted by atomic mass is 16.5. The zero-order chi connectivity index (χ0) is 25.1. The predicted octanol–water partition coefficient (Wildman–Crippen LogP) is 3.47. The Morgan fingerprint density at radius 2 is 1.94 bits per heavy atom. The van der Waals surface area contributed by atoms with Gasteiger partial charge in [0.15, 0.2) is 11.5 Å². The molecule has 0 atom stereocenters. The van der Waals surface area contributed by atoms with Gasteiger partial charge in [0.1, 0.15) is 6.54 Å². The minimum Gasteiger partial charge on any atom is -0.493 e. The van der Waals surface area contributed by atoms with Crippen LogP contribution in [0.2, 0.25) is 0 Å². The Morgan fingerprint density at radius 3 is 2.60 bits per heavy atom. The molecule has 4 aromatic rings. The van der Waals surface area contributed by atoms with Gasteiger partial charge in [-0.1, -0.05) is 11.2 Å². The fraction of sp³-hybridized carbons (Fsp3) is 0.360. The standard InChI is InChI=1S/C25H29N5O5/c1-6-34-21-10-7-17(11-22(21)33-5)13-26-23(31)14-29-20-12-18(24-27-16(4)35-28-24)8-9-19(20)30(15(2)3)25(29)32/h7-12,15H,6,13-14H2,1-5H3,(H,26,31). The lowest BCUT2D eigenvalue weighted by atomic mass is 10.2. The average Bonchev–Trinajstić information content (AvgIpc) is 3.39. The molecule has 1 N–H and O–H groups in total. The molecule has 1 amide bonds. The topological polar surface area (TPSA) is 113 Å². The molecule has 0 spiro atoms. The number of nitrogens with zero attached hydrogens (tertiary/aromatic N) is 4. The number of hydrogen-bond donors (Lipinski definition) is 1. The van der Waals surface area contributed by atoms with Crippen molar-refractivity contribution in [1.82, 2.24) is 24.6 Å². The number of aromatic nitrogens is 4. The summed E-state index contributed by atoms with van der Waals surface area (Å²) in [6.07, 6.45) is 0. The Morgan fingerprint density at radius 1 is 1.14 bits per heavy atom. The van der Waals surface area contributed by atoms with Gasteiger partial charge < -0.3 is 19.3 Å². The van der Waals surface area contributed by atoms with Gasteiger partial charge in [-0.05, 0) is 56.7 Å². The smallest absolute Gasteiger partial charge is 0.329 e. The highest BCUT2D eigenvalue weighted by molar-refractivity contribution is 5.84. The number of aryl methyl sites for hydroxylation is 1. The first kappa shape index (κ1) is 24.1. The molecule has 0 bridgehead atoms. The minimum atomic E-state index is -0.288. The van der Waals surface area contributed by atoms with Crippen molar-refractivity contribution in [3.05, 3.63) is 58.3 Å². The summed E-state index contributed by atoms with van der Waals surface area (Å²) < 4.78 is 19.1. The second-order valence-electron chi connectivity index (χ2n) is 8.37. The molecule has 2 aromatic heterocycles. The highest BCUT2D eigenvalue weighted by Crippen LogP contribution is 2.28. The lowest BCUT2D eigenvalue weighted by Crippen LogP contribution is -2.33. The number of nitrogens with one attached hydrogen (secondary N) is 1. The molecule has 0 saturated heterocycles. The predicted molar refractivity (Wildman–Crippen MR) is 131 cm³/mol. The van der Waals surface area contributed by atoms with Crippen molar-refractivity contribution in [2.45, 2.75) is 46.8 Å². The molecule has 2 heterocycles. The van der Waals surface area contributed by atoms with E-state index in [1.807, 2.05) is 57.2 Å². The van der Waals surface area contributed by atoms with E-state index in [4.69, 9.17) is 14.0 Å². The van der Waals surface area contributed by atoms with Gasteiger partial charge in [-0.2, -0.15) is 4.98 Å². The second kappa shape index (κ2) is 10.0. The number of carbonyl (C=O) groups is 1. The first-order valence-corrected chi connectivity index (χ1v) is 11.4. The fourth-order valence-electron chi connectivity index (χ4n) is 3.98. The van der Waals surface area contributed by atoms with Gasteiger partial charge in [0.25, 0.3) is 0 Å². The zero-order valence-electron chi connectivity index (χ0n) is 20.5. The molecule has 184 valence electrons. The van der Waals surface area contributed by atoms with E-state index >= 15 is 0 Å². The molecular formula is C25H29N5O5. The minimum absolute atomic E-state index is 0.0797. The molecular weight excluding hydrogens is 450 g/mol. The van der Waals surface area contributed by atoms with Crippen LogP contribution in [0.25, 0.3) is 22.4 Å². The molecule has 35 heavy (non-hydrogen) atoms. The van der Waals surface area contributed by atoms with Crippen LogP contribution in [0, 0.1) is 6.92 Å². The summed E-state index contributed by atoms with van der Waals surface area (Å²) in [5.74, 6) is 1.82. The largest absolute Gasteiger partial charge is 0.493 e. The van der Waals surface area contributed by atoms with E-state index in [1.165, 1.54) is 4.57 Å². The van der Waals surface area contributed by atoms with Crippen LogP contribution in [0.5, 0.6) is 11.5 Å². The van der Waals surface area contributed by atoms with Crippen molar-refractivity contribution in [2.24, 2.45) is 0 Å². The lowest BCUT2D eigenvalue weighted by Gasteiger charge is -2.12. The maximum atomic E-state index is 13.2. The third-order valence-electron chi connectivity index (χ3n) is 5.58. The number of benzene rings is 2. The summed E-state index contributed by atoms with van der Waals surface area (Å²) >= 11 is 0. The van der Waals surface area contributed by atoms with E-state index in [1.54, 1.807) is 18.6 Å². The quantitative estimate of drug-likeness (QED) is 0.391. The zero-order valence-corrected chi connectivity index (χ0v) is 20.5. The van der Waals surface area contributed by atoms with Gasteiger partial charge in [0.05, 0.1) is 24.8 Å². The number of hydrogen-bond acceptors (Lipinski definition) is 7. The van der Waals surface area contributed by atoms with Crippen molar-refractivity contribution in [3.8, 4) is 22.9 Å². The maximum Gasteiger partial charge on any atom is 0.329 e. The molecule has 10 nitrogen and oxygen atoms in total. The second-order valence-corrected chi connectivity index (χ2v) is 8.37. The Bertz CT molecular complexity index is 1420. The number of fused-ring (bicyclic) bond motifs is 1. The summed E-state index contributed by atoms with van der Waals surface area (Å²) in [6, 6.07) is 10.9. The van der Waals surface area contributed by atoms with Crippen LogP contribution in [-0.2, 0) is 17.9 Å². The SMILES string of the molecule is CCOc1ccc(CNC(=O)Cn2c(=O)n(C(C)C)c3ccc(-c4noc(C)n4)cc32)cc1OC. The first-order valence-electron chi connectivity index (χ1n) is 11.4. The monoisotopic (exact) mass is 479 g/mol. The summed E-state index contributed by atoms with van der Waals surface area (Å²) in [5.41, 5.74) is 2.66. The van der Waals surface area contributed by atoms with Gasteiger partial charge in [0, 0.05) is 25.1 Å². The number of imidazole rings is 1. The van der Waals surface area contributed by atoms with E-state index in [0.29, 0.717) is 40.9 Å². The molecule has 0 radical (unpaired) electrons. The first-order chi connectivity index (χ1) is 16.8. The molecule has 10 heteroatoms. The average molecular weight is 480 g/mol. The van der Waals surface area contributed by atoms with Crippen LogP contribution >= 0.6 is 0 Å². The van der Waals surface area contributed by atoms with Gasteiger partial charge in [-0.3, -0.25) is 13.9 Å². The summed E-state index contributed by atoms with van der Waals surface area (Å²) in [5, 5.41) is 6.85. The molecule has 0 unspecified atom stereocenters. The Kier molecular flexibility index (Phi) is 6.90. The van der Waals surface area contributed by atoms with Crippen LogP contribution < -0.4 is 20.5 Å². The van der Waals surface area contributed by atoms with Crippen molar-refractivity contribution < 1.29 is 18.8 Å². The maximum absolute atomic E-state index is 13.2. The number of ether oxygens (including phenoxy) is 2. The number of amides is 1. The highest BCUT2D eigenvalue weighted by Gasteiger charge is 2.19. The molecule has 0 aliphatic carbocycles. The molecule has 4 rings (SSSR count). The Labute approximate surface area is 202 Å². The summed E-state index contributed by atoms with van der Waals surface area (Å²) in [7, 11) is 1.57. The van der Waals surface area contributed by atoms with Crippen LogP contribution in [0.3, 0.4) is 0 Å². The number of rotatable bonds is 9. The van der Waals surface area contributed by atoms with Gasteiger partial charge in [-0.15, -0.1) is 0 Å². The molecule has 0 aliphatic rings. The van der Waals surface area contributed by atoms with Crippen molar-refractivity contribution in [1.29, 1.82) is 0 Å². The molecule has 2 aromatic carbocycles. The van der Waals surface area contributed by atoms with E-state index in [0.717, 1.165) is 11.1 Å². The van der Waals surface area contributed by atoms with Crippen LogP contribution in [0.4, 0.5) is 0 Å². The Hall–Kier alpha value is -4.08. The van der Waals surface area contributed by atoms with Gasteiger partial charge in [0.2, 0.25) is 17.6 Å². The molecule has 0 aliphatic heterocycles. The third-order valence-corrected chi connectivity index (χ3v) is 5.58. The molecule has 0 saturated carbocycles. The van der Waals surface area contributed by atoms with Gasteiger partial charge >= 0.3 is 5.69 Å². The van der Waals surface area contributed by atoms with Crippen LogP contribution in [-0.4, -0.2) is 38.9 Å². The number of methoxy groups -OCH3 is 1. The van der Waals surface area contributed by atoms with E-state index < -0.39 is 0 Å².